The largest absolute Gasteiger partial charge is 0.461 e. The van der Waals surface area contributed by atoms with Crippen LogP contribution in [0, 0.1) is 0 Å². The normalized spacial score (nSPS) is 10.8. The zero-order valence-electron chi connectivity index (χ0n) is 12.9. The number of rotatable bonds is 5. The Balaban J connectivity index is 1.72. The van der Waals surface area contributed by atoms with Gasteiger partial charge in [0.15, 0.2) is 10.9 Å². The summed E-state index contributed by atoms with van der Waals surface area (Å²) in [5.74, 6) is 2.25. The predicted octanol–water partition coefficient (Wildman–Crippen LogP) is 4.82. The van der Waals surface area contributed by atoms with Crippen molar-refractivity contribution in [1.82, 2.24) is 14.8 Å². The molecule has 118 valence electrons. The van der Waals surface area contributed by atoms with Crippen LogP contribution in [0.4, 0.5) is 0 Å². The van der Waals surface area contributed by atoms with E-state index in [9.17, 15) is 0 Å². The van der Waals surface area contributed by atoms with Gasteiger partial charge in [0.1, 0.15) is 0 Å². The van der Waals surface area contributed by atoms with Crippen molar-refractivity contribution >= 4 is 11.8 Å². The third kappa shape index (κ3) is 2.98. The van der Waals surface area contributed by atoms with Crippen LogP contribution in [-0.4, -0.2) is 14.8 Å². The number of thioether (sulfide) groups is 1. The van der Waals surface area contributed by atoms with E-state index in [4.69, 9.17) is 4.42 Å². The molecule has 2 heterocycles. The molecule has 0 aliphatic rings. The molecule has 4 aromatic rings. The smallest absolute Gasteiger partial charge is 0.205 e. The van der Waals surface area contributed by atoms with Crippen molar-refractivity contribution in [2.75, 3.05) is 0 Å². The van der Waals surface area contributed by atoms with Gasteiger partial charge in [-0.2, -0.15) is 0 Å². The zero-order valence-corrected chi connectivity index (χ0v) is 13.7. The summed E-state index contributed by atoms with van der Waals surface area (Å²) in [6.07, 6.45) is 1.65. The first kappa shape index (κ1) is 14.8. The van der Waals surface area contributed by atoms with Gasteiger partial charge in [0, 0.05) is 11.4 Å². The fourth-order valence-electron chi connectivity index (χ4n) is 2.46. The van der Waals surface area contributed by atoms with Gasteiger partial charge in [-0.15, -0.1) is 10.2 Å². The standard InChI is InChI=1S/C19H15N3OS/c1-3-8-15(9-4-1)14-24-19-21-20-18(17-12-7-13-23-17)22(19)16-10-5-2-6-11-16/h1-13H,14H2. The molecule has 0 aliphatic heterocycles. The Morgan fingerprint density at radius 1 is 0.833 bits per heavy atom. The number of benzene rings is 2. The van der Waals surface area contributed by atoms with Crippen molar-refractivity contribution < 1.29 is 4.42 Å². The van der Waals surface area contributed by atoms with Gasteiger partial charge in [-0.05, 0) is 29.8 Å². The van der Waals surface area contributed by atoms with Crippen molar-refractivity contribution in [2.45, 2.75) is 10.9 Å². The molecule has 0 unspecified atom stereocenters. The van der Waals surface area contributed by atoms with E-state index in [0.29, 0.717) is 11.6 Å². The summed E-state index contributed by atoms with van der Waals surface area (Å²) in [7, 11) is 0. The fourth-order valence-corrected chi connectivity index (χ4v) is 3.37. The van der Waals surface area contributed by atoms with Crippen molar-refractivity contribution in [3.8, 4) is 17.3 Å². The van der Waals surface area contributed by atoms with Crippen LogP contribution in [0.3, 0.4) is 0 Å². The molecule has 2 aromatic heterocycles. The molecular weight excluding hydrogens is 318 g/mol. The zero-order chi connectivity index (χ0) is 16.2. The van der Waals surface area contributed by atoms with Crippen LogP contribution in [-0.2, 0) is 5.75 Å². The Morgan fingerprint density at radius 2 is 1.58 bits per heavy atom. The van der Waals surface area contributed by atoms with Gasteiger partial charge in [0.25, 0.3) is 0 Å². The molecule has 0 saturated carbocycles. The summed E-state index contributed by atoms with van der Waals surface area (Å²) < 4.78 is 7.56. The number of aromatic nitrogens is 3. The Kier molecular flexibility index (Phi) is 4.16. The van der Waals surface area contributed by atoms with Crippen LogP contribution >= 0.6 is 11.8 Å². The number of nitrogens with zero attached hydrogens (tertiary/aromatic N) is 3. The second-order valence-electron chi connectivity index (χ2n) is 5.23. The van der Waals surface area contributed by atoms with Gasteiger partial charge >= 0.3 is 0 Å². The highest BCUT2D eigenvalue weighted by Gasteiger charge is 2.17. The van der Waals surface area contributed by atoms with E-state index in [2.05, 4.69) is 22.3 Å². The molecular formula is C19H15N3OS. The molecule has 2 aromatic carbocycles. The number of hydrogen-bond donors (Lipinski definition) is 0. The summed E-state index contributed by atoms with van der Waals surface area (Å²) >= 11 is 1.66. The van der Waals surface area contributed by atoms with Crippen molar-refractivity contribution in [2.24, 2.45) is 0 Å². The summed E-state index contributed by atoms with van der Waals surface area (Å²) in [4.78, 5) is 0. The third-order valence-electron chi connectivity index (χ3n) is 3.60. The van der Waals surface area contributed by atoms with E-state index >= 15 is 0 Å². The van der Waals surface area contributed by atoms with Crippen LogP contribution < -0.4 is 0 Å². The van der Waals surface area contributed by atoms with E-state index in [1.807, 2.05) is 65.2 Å². The average molecular weight is 333 g/mol. The lowest BCUT2D eigenvalue weighted by molar-refractivity contribution is 0.575. The maximum Gasteiger partial charge on any atom is 0.205 e. The van der Waals surface area contributed by atoms with E-state index in [1.54, 1.807) is 18.0 Å². The van der Waals surface area contributed by atoms with E-state index in [-0.39, 0.29) is 0 Å². The molecule has 0 N–H and O–H groups in total. The molecule has 0 aliphatic carbocycles. The van der Waals surface area contributed by atoms with E-state index in [1.165, 1.54) is 5.56 Å². The monoisotopic (exact) mass is 333 g/mol. The summed E-state index contributed by atoms with van der Waals surface area (Å²) in [5.41, 5.74) is 2.27. The number of hydrogen-bond acceptors (Lipinski definition) is 4. The SMILES string of the molecule is c1ccc(CSc2nnc(-c3ccco3)n2-c2ccccc2)cc1. The third-order valence-corrected chi connectivity index (χ3v) is 4.60. The minimum Gasteiger partial charge on any atom is -0.461 e. The second kappa shape index (κ2) is 6.76. The highest BCUT2D eigenvalue weighted by molar-refractivity contribution is 7.98. The van der Waals surface area contributed by atoms with E-state index < -0.39 is 0 Å². The maximum atomic E-state index is 5.53. The molecule has 0 fully saturated rings. The lowest BCUT2D eigenvalue weighted by Crippen LogP contribution is -1.99. The van der Waals surface area contributed by atoms with Crippen LogP contribution in [0.1, 0.15) is 5.56 Å². The minimum atomic E-state index is 0.706. The van der Waals surface area contributed by atoms with Crippen LogP contribution in [0.5, 0.6) is 0 Å². The lowest BCUT2D eigenvalue weighted by Gasteiger charge is -2.09. The van der Waals surface area contributed by atoms with E-state index in [0.717, 1.165) is 16.6 Å². The lowest BCUT2D eigenvalue weighted by atomic mass is 10.2. The molecule has 0 radical (unpaired) electrons. The van der Waals surface area contributed by atoms with Gasteiger partial charge < -0.3 is 4.42 Å². The van der Waals surface area contributed by atoms with Gasteiger partial charge in [-0.1, -0.05) is 60.3 Å². The number of furan rings is 1. The maximum absolute atomic E-state index is 5.53. The van der Waals surface area contributed by atoms with Crippen LogP contribution in [0.25, 0.3) is 17.3 Å². The Bertz CT molecular complexity index is 902. The topological polar surface area (TPSA) is 43.9 Å². The second-order valence-corrected chi connectivity index (χ2v) is 6.17. The first-order valence-corrected chi connectivity index (χ1v) is 8.62. The average Bonchev–Trinajstić information content (AvgIpc) is 3.31. The van der Waals surface area contributed by atoms with Gasteiger partial charge in [0.2, 0.25) is 5.82 Å². The van der Waals surface area contributed by atoms with Gasteiger partial charge in [0.05, 0.1) is 6.26 Å². The molecule has 24 heavy (non-hydrogen) atoms. The van der Waals surface area contributed by atoms with Crippen LogP contribution in [0.15, 0.2) is 88.6 Å². The first-order chi connectivity index (χ1) is 11.9. The highest BCUT2D eigenvalue weighted by Crippen LogP contribution is 2.29. The first-order valence-electron chi connectivity index (χ1n) is 7.63. The molecule has 4 nitrogen and oxygen atoms in total. The Labute approximate surface area is 144 Å². The summed E-state index contributed by atoms with van der Waals surface area (Å²) in [6, 6.07) is 24.2. The Hall–Kier alpha value is -2.79. The van der Waals surface area contributed by atoms with Gasteiger partial charge in [-0.25, -0.2) is 0 Å². The summed E-state index contributed by atoms with van der Waals surface area (Å²) in [5, 5.41) is 9.57. The van der Waals surface area contributed by atoms with Crippen molar-refractivity contribution in [3.05, 3.63) is 84.6 Å². The molecule has 4 rings (SSSR count). The molecule has 0 bridgehead atoms. The van der Waals surface area contributed by atoms with Crippen molar-refractivity contribution in [1.29, 1.82) is 0 Å². The van der Waals surface area contributed by atoms with Crippen molar-refractivity contribution in [3.63, 3.8) is 0 Å². The molecule has 0 spiro atoms. The highest BCUT2D eigenvalue weighted by atomic mass is 32.2. The fraction of sp³-hybridized carbons (Fsp3) is 0.0526. The molecule has 0 amide bonds. The minimum absolute atomic E-state index is 0.706. The van der Waals surface area contributed by atoms with Gasteiger partial charge in [-0.3, -0.25) is 4.57 Å². The summed E-state index contributed by atoms with van der Waals surface area (Å²) in [6.45, 7) is 0. The van der Waals surface area contributed by atoms with Crippen LogP contribution in [0.2, 0.25) is 0 Å². The molecule has 5 heteroatoms. The quantitative estimate of drug-likeness (QED) is 0.491. The number of para-hydroxylation sites is 1. The molecule has 0 atom stereocenters. The molecule has 0 saturated heterocycles. The Morgan fingerprint density at radius 3 is 2.29 bits per heavy atom. The predicted molar refractivity (Wildman–Crippen MR) is 95.1 cm³/mol.